The molecule has 0 aliphatic rings. The Morgan fingerprint density at radius 2 is 1.90 bits per heavy atom. The second kappa shape index (κ2) is 10.3. The summed E-state index contributed by atoms with van der Waals surface area (Å²) in [6.45, 7) is 1.37. The van der Waals surface area contributed by atoms with Gasteiger partial charge in [0.25, 0.3) is 5.91 Å². The SMILES string of the molecule is COc1ccc(C)cc1NC(=O)COC(=O)CC(NC(N)=O)c1ccccc1Cl. The van der Waals surface area contributed by atoms with Gasteiger partial charge in [0.2, 0.25) is 0 Å². The fourth-order valence-corrected chi connectivity index (χ4v) is 2.91. The number of rotatable bonds is 8. The molecule has 3 amide bonds. The molecule has 29 heavy (non-hydrogen) atoms. The number of nitrogens with two attached hydrogens (primary N) is 1. The Morgan fingerprint density at radius 1 is 1.17 bits per heavy atom. The smallest absolute Gasteiger partial charge is 0.312 e. The molecule has 0 heterocycles. The number of aryl methyl sites for hydroxylation is 1. The molecular weight excluding hydrogens is 398 g/mol. The number of anilines is 1. The molecule has 0 aromatic heterocycles. The zero-order valence-electron chi connectivity index (χ0n) is 16.0. The third-order valence-electron chi connectivity index (χ3n) is 3.96. The number of hydrogen-bond acceptors (Lipinski definition) is 5. The highest BCUT2D eigenvalue weighted by molar-refractivity contribution is 6.31. The molecule has 8 nitrogen and oxygen atoms in total. The highest BCUT2D eigenvalue weighted by Crippen LogP contribution is 2.26. The molecule has 9 heteroatoms. The summed E-state index contributed by atoms with van der Waals surface area (Å²) in [5.74, 6) is -0.742. The van der Waals surface area contributed by atoms with Crippen LogP contribution < -0.4 is 21.1 Å². The maximum absolute atomic E-state index is 12.2. The van der Waals surface area contributed by atoms with Crippen LogP contribution in [0.25, 0.3) is 0 Å². The predicted molar refractivity (Wildman–Crippen MR) is 109 cm³/mol. The van der Waals surface area contributed by atoms with Crippen molar-refractivity contribution in [2.24, 2.45) is 5.73 Å². The molecule has 0 fully saturated rings. The van der Waals surface area contributed by atoms with E-state index in [-0.39, 0.29) is 6.42 Å². The number of methoxy groups -OCH3 is 1. The lowest BCUT2D eigenvalue weighted by molar-refractivity contribution is -0.147. The minimum absolute atomic E-state index is 0.242. The minimum Gasteiger partial charge on any atom is -0.495 e. The Bertz CT molecular complexity index is 903. The third kappa shape index (κ3) is 6.69. The van der Waals surface area contributed by atoms with Gasteiger partial charge >= 0.3 is 12.0 Å². The number of carbonyl (C=O) groups is 3. The van der Waals surface area contributed by atoms with Gasteiger partial charge in [0.05, 0.1) is 25.3 Å². The molecule has 2 rings (SSSR count). The Morgan fingerprint density at radius 3 is 2.55 bits per heavy atom. The molecular formula is C20H22ClN3O5. The van der Waals surface area contributed by atoms with Crippen molar-refractivity contribution >= 4 is 35.2 Å². The van der Waals surface area contributed by atoms with Crippen LogP contribution in [0.1, 0.15) is 23.6 Å². The lowest BCUT2D eigenvalue weighted by Crippen LogP contribution is -2.35. The van der Waals surface area contributed by atoms with E-state index in [0.29, 0.717) is 22.0 Å². The molecule has 2 aromatic carbocycles. The first-order valence-corrected chi connectivity index (χ1v) is 9.08. The fraction of sp³-hybridized carbons (Fsp3) is 0.250. The molecule has 0 bridgehead atoms. The summed E-state index contributed by atoms with van der Waals surface area (Å²) in [6, 6.07) is 10.4. The van der Waals surface area contributed by atoms with Crippen LogP contribution in [0, 0.1) is 6.92 Å². The normalized spacial score (nSPS) is 11.3. The van der Waals surface area contributed by atoms with Crippen molar-refractivity contribution in [3.8, 4) is 5.75 Å². The number of benzene rings is 2. The van der Waals surface area contributed by atoms with E-state index in [2.05, 4.69) is 10.6 Å². The largest absolute Gasteiger partial charge is 0.495 e. The summed E-state index contributed by atoms with van der Waals surface area (Å²) in [5.41, 5.74) is 7.09. The van der Waals surface area contributed by atoms with Gasteiger partial charge in [0.15, 0.2) is 6.61 Å². The quantitative estimate of drug-likeness (QED) is 0.568. The van der Waals surface area contributed by atoms with Crippen molar-refractivity contribution in [3.63, 3.8) is 0 Å². The summed E-state index contributed by atoms with van der Waals surface area (Å²) in [4.78, 5) is 35.6. The van der Waals surface area contributed by atoms with Crippen molar-refractivity contribution in [3.05, 3.63) is 58.6 Å². The van der Waals surface area contributed by atoms with Crippen molar-refractivity contribution in [1.82, 2.24) is 5.32 Å². The van der Waals surface area contributed by atoms with E-state index in [1.807, 2.05) is 13.0 Å². The lowest BCUT2D eigenvalue weighted by Gasteiger charge is -2.18. The second-order valence-electron chi connectivity index (χ2n) is 6.20. The highest BCUT2D eigenvalue weighted by atomic mass is 35.5. The monoisotopic (exact) mass is 419 g/mol. The number of urea groups is 1. The Kier molecular flexibility index (Phi) is 7.85. The first-order valence-electron chi connectivity index (χ1n) is 8.70. The Balaban J connectivity index is 1.96. The van der Waals surface area contributed by atoms with Crippen molar-refractivity contribution in [1.29, 1.82) is 0 Å². The molecule has 1 unspecified atom stereocenters. The first kappa shape index (κ1) is 22.0. The van der Waals surface area contributed by atoms with Crippen molar-refractivity contribution < 1.29 is 23.9 Å². The molecule has 4 N–H and O–H groups in total. The summed E-state index contributed by atoms with van der Waals surface area (Å²) >= 11 is 6.12. The summed E-state index contributed by atoms with van der Waals surface area (Å²) in [7, 11) is 1.49. The van der Waals surface area contributed by atoms with Crippen LogP contribution >= 0.6 is 11.6 Å². The standard InChI is InChI=1S/C20H22ClN3O5/c1-12-7-8-17(28-2)16(9-12)23-18(25)11-29-19(26)10-15(24-20(22)27)13-5-3-4-6-14(13)21/h3-9,15H,10-11H2,1-2H3,(H,23,25)(H3,22,24,27). The van der Waals surface area contributed by atoms with Crippen LogP contribution in [-0.4, -0.2) is 31.6 Å². The van der Waals surface area contributed by atoms with Gasteiger partial charge in [-0.1, -0.05) is 35.9 Å². The van der Waals surface area contributed by atoms with E-state index in [1.54, 1.807) is 36.4 Å². The van der Waals surface area contributed by atoms with Gasteiger partial charge in [-0.05, 0) is 36.2 Å². The van der Waals surface area contributed by atoms with Crippen LogP contribution in [0.4, 0.5) is 10.5 Å². The van der Waals surface area contributed by atoms with Gasteiger partial charge in [0.1, 0.15) is 5.75 Å². The Labute approximate surface area is 173 Å². The number of primary amides is 1. The number of hydrogen-bond donors (Lipinski definition) is 3. The first-order chi connectivity index (χ1) is 13.8. The molecule has 0 saturated carbocycles. The number of halogens is 1. The topological polar surface area (TPSA) is 120 Å². The maximum atomic E-state index is 12.2. The van der Waals surface area contributed by atoms with Crippen LogP contribution in [-0.2, 0) is 14.3 Å². The number of amides is 3. The molecule has 0 saturated heterocycles. The van der Waals surface area contributed by atoms with E-state index in [4.69, 9.17) is 26.8 Å². The van der Waals surface area contributed by atoms with Crippen molar-refractivity contribution in [2.75, 3.05) is 19.0 Å². The van der Waals surface area contributed by atoms with Gasteiger partial charge in [-0.25, -0.2) is 4.79 Å². The Hall–Kier alpha value is -3.26. The summed E-state index contributed by atoms with van der Waals surface area (Å²) in [5, 5.41) is 5.45. The molecule has 0 aliphatic heterocycles. The predicted octanol–water partition coefficient (Wildman–Crippen LogP) is 2.94. The maximum Gasteiger partial charge on any atom is 0.312 e. The summed E-state index contributed by atoms with van der Waals surface area (Å²) in [6.07, 6.45) is -0.242. The second-order valence-corrected chi connectivity index (χ2v) is 6.61. The lowest BCUT2D eigenvalue weighted by atomic mass is 10.0. The average molecular weight is 420 g/mol. The van der Waals surface area contributed by atoms with Gasteiger partial charge in [0, 0.05) is 5.02 Å². The molecule has 2 aromatic rings. The fourth-order valence-electron chi connectivity index (χ4n) is 2.65. The summed E-state index contributed by atoms with van der Waals surface area (Å²) < 4.78 is 10.2. The van der Waals surface area contributed by atoms with Crippen molar-refractivity contribution in [2.45, 2.75) is 19.4 Å². The van der Waals surface area contributed by atoms with E-state index >= 15 is 0 Å². The van der Waals surface area contributed by atoms with E-state index in [9.17, 15) is 14.4 Å². The number of nitrogens with one attached hydrogen (secondary N) is 2. The van der Waals surface area contributed by atoms with Crippen LogP contribution in [0.15, 0.2) is 42.5 Å². The van der Waals surface area contributed by atoms with E-state index in [0.717, 1.165) is 5.56 Å². The number of ether oxygens (including phenoxy) is 2. The molecule has 0 radical (unpaired) electrons. The van der Waals surface area contributed by atoms with Gasteiger partial charge in [-0.2, -0.15) is 0 Å². The van der Waals surface area contributed by atoms with Crippen LogP contribution in [0.5, 0.6) is 5.75 Å². The van der Waals surface area contributed by atoms with Crippen LogP contribution in [0.3, 0.4) is 0 Å². The molecule has 1 atom stereocenters. The number of esters is 1. The zero-order valence-corrected chi connectivity index (χ0v) is 16.8. The molecule has 0 spiro atoms. The highest BCUT2D eigenvalue weighted by Gasteiger charge is 2.21. The average Bonchev–Trinajstić information content (AvgIpc) is 2.66. The minimum atomic E-state index is -0.813. The van der Waals surface area contributed by atoms with Gasteiger partial charge in [-0.3, -0.25) is 9.59 Å². The molecule has 0 aliphatic carbocycles. The van der Waals surface area contributed by atoms with Gasteiger partial charge in [-0.15, -0.1) is 0 Å². The van der Waals surface area contributed by atoms with Crippen LogP contribution in [0.2, 0.25) is 5.02 Å². The molecule has 154 valence electrons. The number of carbonyl (C=O) groups excluding carboxylic acids is 3. The van der Waals surface area contributed by atoms with E-state index < -0.39 is 30.6 Å². The van der Waals surface area contributed by atoms with E-state index in [1.165, 1.54) is 7.11 Å². The zero-order chi connectivity index (χ0) is 21.4. The van der Waals surface area contributed by atoms with Gasteiger partial charge < -0.3 is 25.8 Å². The third-order valence-corrected chi connectivity index (χ3v) is 4.31.